The number of hydrogen-bond donors (Lipinski definition) is 2. The average molecular weight is 493 g/mol. The number of aliphatic imine (C=N–C) groups is 1. The summed E-state index contributed by atoms with van der Waals surface area (Å²) in [4.78, 5) is 16.8. The van der Waals surface area contributed by atoms with Gasteiger partial charge in [-0.05, 0) is 43.5 Å². The van der Waals surface area contributed by atoms with Crippen LogP contribution in [0, 0.1) is 5.82 Å². The van der Waals surface area contributed by atoms with E-state index in [2.05, 4.69) is 25.3 Å². The van der Waals surface area contributed by atoms with E-state index >= 15 is 0 Å². The molecule has 1 spiro atoms. The number of nitrogens with one attached hydrogen (secondary N) is 1. The van der Waals surface area contributed by atoms with Gasteiger partial charge in [-0.2, -0.15) is 0 Å². The van der Waals surface area contributed by atoms with Gasteiger partial charge in [-0.3, -0.25) is 4.99 Å². The standard InChI is InChI=1S/C21H19ClF2N6O2S/c22-12-6-16-17(26-8-12)18(28-11-27-16)29-13-2-3-15(24)14(7-13)20(9-23)10-33(31,32)21(4-1-5-21)19(25)30-20/h2-3,6-8,11H,1,4-5,9-10H2,(H2,25,30)(H,27,28,29)/t20-/m0/s1. The number of nitrogens with zero attached hydrogens (tertiary/aromatic N) is 4. The van der Waals surface area contributed by atoms with Crippen molar-refractivity contribution >= 4 is 49.8 Å². The summed E-state index contributed by atoms with van der Waals surface area (Å²) >= 11 is 5.96. The lowest BCUT2D eigenvalue weighted by molar-refractivity contribution is 0.311. The van der Waals surface area contributed by atoms with Gasteiger partial charge in [0.25, 0.3) is 0 Å². The Hall–Kier alpha value is -2.92. The molecule has 1 aromatic carbocycles. The van der Waals surface area contributed by atoms with E-state index in [0.717, 1.165) is 6.07 Å². The molecule has 3 aromatic rings. The lowest BCUT2D eigenvalue weighted by Crippen LogP contribution is -2.62. The van der Waals surface area contributed by atoms with Crippen molar-refractivity contribution in [1.82, 2.24) is 15.0 Å². The summed E-state index contributed by atoms with van der Waals surface area (Å²) in [5.74, 6) is -1.28. The molecule has 0 radical (unpaired) electrons. The average Bonchev–Trinajstić information content (AvgIpc) is 2.72. The number of nitrogens with two attached hydrogens (primary N) is 1. The predicted octanol–water partition coefficient (Wildman–Crippen LogP) is 3.43. The number of rotatable bonds is 4. The van der Waals surface area contributed by atoms with Gasteiger partial charge in [0.15, 0.2) is 15.7 Å². The monoisotopic (exact) mass is 492 g/mol. The van der Waals surface area contributed by atoms with Crippen LogP contribution in [-0.2, 0) is 15.4 Å². The minimum atomic E-state index is -3.85. The molecule has 0 saturated heterocycles. The topological polar surface area (TPSA) is 123 Å². The molecule has 1 saturated carbocycles. The van der Waals surface area contributed by atoms with Gasteiger partial charge in [0.1, 0.15) is 40.5 Å². The molecule has 2 aliphatic rings. The maximum atomic E-state index is 14.9. The van der Waals surface area contributed by atoms with Crippen molar-refractivity contribution < 1.29 is 17.2 Å². The van der Waals surface area contributed by atoms with E-state index in [1.165, 1.54) is 24.7 Å². The molecule has 0 amide bonds. The van der Waals surface area contributed by atoms with Crippen molar-refractivity contribution in [3.8, 4) is 0 Å². The van der Waals surface area contributed by atoms with Gasteiger partial charge in [0, 0.05) is 17.4 Å². The zero-order chi connectivity index (χ0) is 23.4. The van der Waals surface area contributed by atoms with E-state index in [9.17, 15) is 17.2 Å². The Kier molecular flexibility index (Phi) is 5.02. The summed E-state index contributed by atoms with van der Waals surface area (Å²) in [6, 6.07) is 5.48. The van der Waals surface area contributed by atoms with Gasteiger partial charge >= 0.3 is 0 Å². The van der Waals surface area contributed by atoms with Crippen molar-refractivity contribution in [2.24, 2.45) is 10.7 Å². The van der Waals surface area contributed by atoms with Crippen LogP contribution >= 0.6 is 11.6 Å². The summed E-state index contributed by atoms with van der Waals surface area (Å²) in [6.07, 6.45) is 4.13. The molecular formula is C21H19ClF2N6O2S. The van der Waals surface area contributed by atoms with E-state index in [0.29, 0.717) is 46.8 Å². The fraction of sp³-hybridized carbons (Fsp3) is 0.333. The van der Waals surface area contributed by atoms with Gasteiger partial charge < -0.3 is 11.1 Å². The molecule has 5 rings (SSSR count). The van der Waals surface area contributed by atoms with Crippen molar-refractivity contribution in [2.45, 2.75) is 29.5 Å². The van der Waals surface area contributed by atoms with Crippen LogP contribution in [0.1, 0.15) is 24.8 Å². The van der Waals surface area contributed by atoms with E-state index in [4.69, 9.17) is 17.3 Å². The van der Waals surface area contributed by atoms with Crippen molar-refractivity contribution in [3.63, 3.8) is 0 Å². The summed E-state index contributed by atoms with van der Waals surface area (Å²) in [5, 5.41) is 3.41. The smallest absolute Gasteiger partial charge is 0.166 e. The summed E-state index contributed by atoms with van der Waals surface area (Å²) < 4.78 is 54.3. The summed E-state index contributed by atoms with van der Waals surface area (Å²) in [5.41, 5.74) is 5.13. The molecule has 3 heterocycles. The summed E-state index contributed by atoms with van der Waals surface area (Å²) in [6.45, 7) is -1.22. The normalized spacial score (nSPS) is 23.2. The van der Waals surface area contributed by atoms with Crippen LogP contribution in [0.25, 0.3) is 11.0 Å². The van der Waals surface area contributed by atoms with E-state index < -0.39 is 38.4 Å². The van der Waals surface area contributed by atoms with Crippen LogP contribution in [-0.4, -0.2) is 46.4 Å². The Balaban J connectivity index is 1.58. The zero-order valence-electron chi connectivity index (χ0n) is 17.2. The van der Waals surface area contributed by atoms with Crippen LogP contribution in [0.5, 0.6) is 0 Å². The van der Waals surface area contributed by atoms with Crippen LogP contribution in [0.3, 0.4) is 0 Å². The third-order valence-electron chi connectivity index (χ3n) is 6.38. The predicted molar refractivity (Wildman–Crippen MR) is 122 cm³/mol. The SMILES string of the molecule is NC1=N[C@](CF)(c2cc(Nc3ncnc4cc(Cl)cnc34)ccc2F)CS(=O)(=O)C12CCC2. The molecule has 0 bridgehead atoms. The Labute approximate surface area is 193 Å². The zero-order valence-corrected chi connectivity index (χ0v) is 18.8. The minimum absolute atomic E-state index is 0.154. The molecule has 8 nitrogen and oxygen atoms in total. The number of fused-ring (bicyclic) bond motifs is 1. The molecule has 172 valence electrons. The number of pyridine rings is 1. The Morgan fingerprint density at radius 3 is 2.64 bits per heavy atom. The number of alkyl halides is 1. The van der Waals surface area contributed by atoms with Crippen LogP contribution in [0.4, 0.5) is 20.3 Å². The quantitative estimate of drug-likeness (QED) is 0.571. The largest absolute Gasteiger partial charge is 0.386 e. The van der Waals surface area contributed by atoms with Crippen LogP contribution in [0.15, 0.2) is 41.8 Å². The first kappa shape index (κ1) is 21.9. The van der Waals surface area contributed by atoms with Gasteiger partial charge in [-0.15, -0.1) is 0 Å². The molecule has 12 heteroatoms. The number of aromatic nitrogens is 3. The second-order valence-electron chi connectivity index (χ2n) is 8.33. The van der Waals surface area contributed by atoms with Crippen molar-refractivity contribution in [3.05, 3.63) is 53.2 Å². The minimum Gasteiger partial charge on any atom is -0.386 e. The molecule has 1 aliphatic heterocycles. The molecule has 1 aliphatic carbocycles. The van der Waals surface area contributed by atoms with Crippen molar-refractivity contribution in [2.75, 3.05) is 17.7 Å². The number of anilines is 2. The Bertz CT molecular complexity index is 1410. The molecule has 1 fully saturated rings. The maximum Gasteiger partial charge on any atom is 0.166 e. The van der Waals surface area contributed by atoms with Gasteiger partial charge in [-0.25, -0.2) is 32.2 Å². The first-order valence-electron chi connectivity index (χ1n) is 10.2. The van der Waals surface area contributed by atoms with Crippen LogP contribution < -0.4 is 11.1 Å². The van der Waals surface area contributed by atoms with Gasteiger partial charge in [0.2, 0.25) is 0 Å². The number of sulfone groups is 1. The summed E-state index contributed by atoms with van der Waals surface area (Å²) in [7, 11) is -3.85. The van der Waals surface area contributed by atoms with Crippen molar-refractivity contribution in [1.29, 1.82) is 0 Å². The van der Waals surface area contributed by atoms with Gasteiger partial charge in [-0.1, -0.05) is 11.6 Å². The molecular weight excluding hydrogens is 474 g/mol. The molecule has 3 N–H and O–H groups in total. The van der Waals surface area contributed by atoms with Gasteiger partial charge in [0.05, 0.1) is 16.3 Å². The number of amidine groups is 1. The third-order valence-corrected chi connectivity index (χ3v) is 9.25. The highest BCUT2D eigenvalue weighted by Gasteiger charge is 2.59. The number of benzene rings is 1. The Morgan fingerprint density at radius 1 is 1.18 bits per heavy atom. The number of hydrogen-bond acceptors (Lipinski definition) is 8. The first-order valence-corrected chi connectivity index (χ1v) is 12.2. The molecule has 0 unspecified atom stereocenters. The fourth-order valence-corrected chi connectivity index (χ4v) is 7.06. The second-order valence-corrected chi connectivity index (χ2v) is 11.1. The second kappa shape index (κ2) is 7.56. The van der Waals surface area contributed by atoms with E-state index in [1.807, 2.05) is 0 Å². The highest BCUT2D eigenvalue weighted by molar-refractivity contribution is 7.93. The maximum absolute atomic E-state index is 14.9. The lowest BCUT2D eigenvalue weighted by Gasteiger charge is -2.46. The van der Waals surface area contributed by atoms with Crippen LogP contribution in [0.2, 0.25) is 5.02 Å². The molecule has 33 heavy (non-hydrogen) atoms. The highest BCUT2D eigenvalue weighted by atomic mass is 35.5. The highest BCUT2D eigenvalue weighted by Crippen LogP contribution is 2.47. The fourth-order valence-electron chi connectivity index (χ4n) is 4.43. The lowest BCUT2D eigenvalue weighted by atomic mass is 9.82. The van der Waals surface area contributed by atoms with E-state index in [1.54, 1.807) is 6.07 Å². The Morgan fingerprint density at radius 2 is 1.97 bits per heavy atom. The molecule has 1 atom stereocenters. The number of halogens is 3. The third kappa shape index (κ3) is 3.33. The first-order chi connectivity index (χ1) is 15.7. The van der Waals surface area contributed by atoms with E-state index in [-0.39, 0.29) is 11.4 Å². The molecule has 2 aromatic heterocycles.